The van der Waals surface area contributed by atoms with Crippen molar-refractivity contribution in [2.45, 2.75) is 30.4 Å². The highest BCUT2D eigenvalue weighted by Gasteiger charge is 2.28. The Morgan fingerprint density at radius 2 is 2.00 bits per heavy atom. The molecule has 2 aromatic carbocycles. The molecule has 0 aromatic heterocycles. The lowest BCUT2D eigenvalue weighted by atomic mass is 10.1. The van der Waals surface area contributed by atoms with Crippen LogP contribution < -0.4 is 5.32 Å². The molecule has 1 heterocycles. The molecule has 0 bridgehead atoms. The van der Waals surface area contributed by atoms with Gasteiger partial charge in [-0.25, -0.2) is 0 Å². The van der Waals surface area contributed by atoms with Gasteiger partial charge in [0.15, 0.2) is 5.78 Å². The molecule has 0 saturated carbocycles. The molecular weight excluding hydrogens is 294 g/mol. The fourth-order valence-corrected chi connectivity index (χ4v) is 3.81. The summed E-state index contributed by atoms with van der Waals surface area (Å²) >= 11 is 1.61. The minimum atomic E-state index is -0.113. The molecule has 0 saturated heterocycles. The van der Waals surface area contributed by atoms with Gasteiger partial charge in [-0.2, -0.15) is 0 Å². The quantitative estimate of drug-likeness (QED) is 0.876. The van der Waals surface area contributed by atoms with Gasteiger partial charge >= 0.3 is 0 Å². The van der Waals surface area contributed by atoms with Gasteiger partial charge in [0.25, 0.3) is 0 Å². The maximum atomic E-state index is 12.4. The minimum Gasteiger partial charge on any atom is -0.325 e. The maximum Gasteiger partial charge on any atom is 0.238 e. The van der Waals surface area contributed by atoms with Crippen LogP contribution in [0.1, 0.15) is 28.4 Å². The zero-order valence-electron chi connectivity index (χ0n) is 12.6. The van der Waals surface area contributed by atoms with E-state index in [1.807, 2.05) is 0 Å². The van der Waals surface area contributed by atoms with Crippen molar-refractivity contribution >= 4 is 29.1 Å². The van der Waals surface area contributed by atoms with E-state index in [0.29, 0.717) is 11.3 Å². The Morgan fingerprint density at radius 1 is 1.18 bits per heavy atom. The molecule has 4 heteroatoms. The van der Waals surface area contributed by atoms with Crippen LogP contribution in [0.15, 0.2) is 47.4 Å². The SMILES string of the molecule is CC(=O)c1cccc(NC(=O)C2Cc3ccc(C)cc3S2)c1. The molecule has 1 aliphatic heterocycles. The number of anilines is 1. The molecule has 1 amide bonds. The van der Waals surface area contributed by atoms with Gasteiger partial charge in [-0.15, -0.1) is 11.8 Å². The molecule has 0 radical (unpaired) electrons. The Bertz CT molecular complexity index is 755. The zero-order valence-corrected chi connectivity index (χ0v) is 13.4. The molecular formula is C18H17NO2S. The minimum absolute atomic E-state index is 0.00535. The second kappa shape index (κ2) is 5.97. The second-order valence-electron chi connectivity index (χ2n) is 5.55. The normalized spacial score (nSPS) is 16.2. The molecule has 0 fully saturated rings. The molecule has 3 rings (SSSR count). The summed E-state index contributed by atoms with van der Waals surface area (Å²) in [6, 6.07) is 13.4. The summed E-state index contributed by atoms with van der Waals surface area (Å²) in [6.07, 6.45) is 0.749. The molecule has 2 aromatic rings. The number of carbonyl (C=O) groups excluding carboxylic acids is 2. The van der Waals surface area contributed by atoms with Crippen molar-refractivity contribution in [1.29, 1.82) is 0 Å². The van der Waals surface area contributed by atoms with Gasteiger partial charge in [0, 0.05) is 16.1 Å². The molecule has 1 unspecified atom stereocenters. The molecule has 1 N–H and O–H groups in total. The number of aryl methyl sites for hydroxylation is 1. The van der Waals surface area contributed by atoms with E-state index >= 15 is 0 Å². The summed E-state index contributed by atoms with van der Waals surface area (Å²) in [5.74, 6) is -0.0197. The number of nitrogens with one attached hydrogen (secondary N) is 1. The Labute approximate surface area is 134 Å². The average Bonchev–Trinajstić information content (AvgIpc) is 2.90. The van der Waals surface area contributed by atoms with Gasteiger partial charge in [0.05, 0.1) is 5.25 Å². The van der Waals surface area contributed by atoms with Crippen molar-refractivity contribution in [2.75, 3.05) is 5.32 Å². The Hall–Kier alpha value is -2.07. The molecule has 0 aliphatic carbocycles. The van der Waals surface area contributed by atoms with Gasteiger partial charge in [-0.3, -0.25) is 9.59 Å². The summed E-state index contributed by atoms with van der Waals surface area (Å²) in [5.41, 5.74) is 3.72. The smallest absolute Gasteiger partial charge is 0.238 e. The summed E-state index contributed by atoms with van der Waals surface area (Å²) in [4.78, 5) is 25.0. The molecule has 112 valence electrons. The number of fused-ring (bicyclic) bond motifs is 1. The molecule has 1 atom stereocenters. The fraction of sp³-hybridized carbons (Fsp3) is 0.222. The number of benzene rings is 2. The van der Waals surface area contributed by atoms with E-state index in [1.165, 1.54) is 22.9 Å². The third-order valence-electron chi connectivity index (χ3n) is 3.73. The number of carbonyl (C=O) groups is 2. The predicted molar refractivity (Wildman–Crippen MR) is 89.6 cm³/mol. The van der Waals surface area contributed by atoms with Gasteiger partial charge in [0.2, 0.25) is 5.91 Å². The number of rotatable bonds is 3. The van der Waals surface area contributed by atoms with Gasteiger partial charge in [-0.05, 0) is 44.0 Å². The Balaban J connectivity index is 1.71. The van der Waals surface area contributed by atoms with Crippen LogP contribution in [0.5, 0.6) is 0 Å². The zero-order chi connectivity index (χ0) is 15.7. The van der Waals surface area contributed by atoms with E-state index in [0.717, 1.165) is 6.42 Å². The molecule has 0 spiro atoms. The molecule has 3 nitrogen and oxygen atoms in total. The van der Waals surface area contributed by atoms with E-state index in [9.17, 15) is 9.59 Å². The molecule has 22 heavy (non-hydrogen) atoms. The van der Waals surface area contributed by atoms with Crippen LogP contribution in [0.25, 0.3) is 0 Å². The van der Waals surface area contributed by atoms with Crippen molar-refractivity contribution in [3.05, 3.63) is 59.2 Å². The van der Waals surface area contributed by atoms with Crippen molar-refractivity contribution in [3.8, 4) is 0 Å². The van der Waals surface area contributed by atoms with Crippen molar-refractivity contribution in [2.24, 2.45) is 0 Å². The third-order valence-corrected chi connectivity index (χ3v) is 5.03. The lowest BCUT2D eigenvalue weighted by Crippen LogP contribution is -2.24. The van der Waals surface area contributed by atoms with Crippen molar-refractivity contribution in [1.82, 2.24) is 0 Å². The Morgan fingerprint density at radius 3 is 2.77 bits per heavy atom. The standard InChI is InChI=1S/C18H17NO2S/c1-11-6-7-14-10-17(22-16(14)8-11)18(21)19-15-5-3-4-13(9-15)12(2)20/h3-9,17H,10H2,1-2H3,(H,19,21). The summed E-state index contributed by atoms with van der Waals surface area (Å²) < 4.78 is 0. The first-order chi connectivity index (χ1) is 10.5. The van der Waals surface area contributed by atoms with Crippen LogP contribution in [0.2, 0.25) is 0 Å². The third kappa shape index (κ3) is 3.07. The fourth-order valence-electron chi connectivity index (χ4n) is 2.52. The second-order valence-corrected chi connectivity index (χ2v) is 6.79. The van der Waals surface area contributed by atoms with E-state index in [1.54, 1.807) is 36.0 Å². The lowest BCUT2D eigenvalue weighted by Gasteiger charge is -2.10. The first-order valence-electron chi connectivity index (χ1n) is 7.21. The first-order valence-corrected chi connectivity index (χ1v) is 8.09. The van der Waals surface area contributed by atoms with E-state index in [2.05, 4.69) is 30.4 Å². The number of amides is 1. The molecule has 1 aliphatic rings. The van der Waals surface area contributed by atoms with Crippen molar-refractivity contribution < 1.29 is 9.59 Å². The Kier molecular flexibility index (Phi) is 4.03. The topological polar surface area (TPSA) is 46.2 Å². The number of thioether (sulfide) groups is 1. The van der Waals surface area contributed by atoms with Crippen molar-refractivity contribution in [3.63, 3.8) is 0 Å². The van der Waals surface area contributed by atoms with Crippen LogP contribution in [-0.2, 0) is 11.2 Å². The van der Waals surface area contributed by atoms with Crippen LogP contribution in [0, 0.1) is 6.92 Å². The highest BCUT2D eigenvalue weighted by Crippen LogP contribution is 2.38. The predicted octanol–water partition coefficient (Wildman–Crippen LogP) is 3.85. The monoisotopic (exact) mass is 311 g/mol. The van der Waals surface area contributed by atoms with Crippen LogP contribution in [0.3, 0.4) is 0 Å². The summed E-state index contributed by atoms with van der Waals surface area (Å²) in [6.45, 7) is 3.58. The van der Waals surface area contributed by atoms with Gasteiger partial charge in [0.1, 0.15) is 0 Å². The first kappa shape index (κ1) is 14.9. The lowest BCUT2D eigenvalue weighted by molar-refractivity contribution is -0.115. The number of Topliss-reactive ketones (excluding diaryl/α,β-unsaturated/α-hetero) is 1. The van der Waals surface area contributed by atoms with Gasteiger partial charge in [-0.1, -0.05) is 29.8 Å². The highest BCUT2D eigenvalue weighted by atomic mass is 32.2. The largest absolute Gasteiger partial charge is 0.325 e. The van der Waals surface area contributed by atoms with Crippen LogP contribution >= 0.6 is 11.8 Å². The van der Waals surface area contributed by atoms with E-state index in [-0.39, 0.29) is 16.9 Å². The summed E-state index contributed by atoms with van der Waals surface area (Å²) in [7, 11) is 0. The number of hydrogen-bond donors (Lipinski definition) is 1. The maximum absolute atomic E-state index is 12.4. The number of hydrogen-bond acceptors (Lipinski definition) is 3. The van der Waals surface area contributed by atoms with E-state index in [4.69, 9.17) is 0 Å². The highest BCUT2D eigenvalue weighted by molar-refractivity contribution is 8.01. The summed E-state index contributed by atoms with van der Waals surface area (Å²) in [5, 5.41) is 2.80. The van der Waals surface area contributed by atoms with Crippen LogP contribution in [0.4, 0.5) is 5.69 Å². The van der Waals surface area contributed by atoms with Gasteiger partial charge < -0.3 is 5.32 Å². The van der Waals surface area contributed by atoms with Crippen LogP contribution in [-0.4, -0.2) is 16.9 Å². The van der Waals surface area contributed by atoms with E-state index < -0.39 is 0 Å². The number of ketones is 1. The average molecular weight is 311 g/mol.